The smallest absolute Gasteiger partial charge is 0.267 e. The first-order valence-corrected chi connectivity index (χ1v) is 10.1. The number of aromatic nitrogens is 2. The van der Waals surface area contributed by atoms with Crippen LogP contribution in [0.25, 0.3) is 10.8 Å². The third-order valence-corrected chi connectivity index (χ3v) is 5.46. The van der Waals surface area contributed by atoms with Crippen molar-refractivity contribution in [3.8, 4) is 0 Å². The van der Waals surface area contributed by atoms with Crippen LogP contribution in [0.2, 0.25) is 0 Å². The van der Waals surface area contributed by atoms with E-state index in [9.17, 15) is 9.59 Å². The van der Waals surface area contributed by atoms with Crippen molar-refractivity contribution in [2.75, 3.05) is 0 Å². The van der Waals surface area contributed by atoms with Crippen molar-refractivity contribution in [3.63, 3.8) is 0 Å². The maximum Gasteiger partial charge on any atom is 0.292 e. The van der Waals surface area contributed by atoms with Gasteiger partial charge in [-0.25, -0.2) is 10.1 Å². The minimum Gasteiger partial charge on any atom is -0.267 e. The highest BCUT2D eigenvalue weighted by Gasteiger charge is 2.23. The molecule has 1 aromatic heterocycles. The molecular weight excluding hydrogens is 364 g/mol. The van der Waals surface area contributed by atoms with Crippen LogP contribution >= 0.6 is 0 Å². The summed E-state index contributed by atoms with van der Waals surface area (Å²) in [5.41, 5.74) is 4.95. The Labute approximate surface area is 169 Å². The summed E-state index contributed by atoms with van der Waals surface area (Å²) in [6, 6.07) is 17.4. The number of hydrogen-bond acceptors (Lipinski definition) is 4. The van der Waals surface area contributed by atoms with Crippen molar-refractivity contribution in [3.05, 3.63) is 76.2 Å². The van der Waals surface area contributed by atoms with Gasteiger partial charge in [0.2, 0.25) is 0 Å². The van der Waals surface area contributed by atoms with Crippen LogP contribution in [0.3, 0.4) is 0 Å². The van der Waals surface area contributed by atoms with Crippen LogP contribution in [-0.2, 0) is 6.54 Å². The van der Waals surface area contributed by atoms with Crippen LogP contribution < -0.4 is 11.0 Å². The molecule has 0 spiro atoms. The van der Waals surface area contributed by atoms with E-state index in [0.29, 0.717) is 17.3 Å². The molecule has 1 saturated carbocycles. The molecule has 4 rings (SSSR count). The fraction of sp³-hybridized carbons (Fsp3) is 0.304. The van der Waals surface area contributed by atoms with E-state index in [0.717, 1.165) is 31.4 Å². The number of nitrogens with zero attached hydrogens (tertiary/aromatic N) is 3. The van der Waals surface area contributed by atoms with Gasteiger partial charge in [-0.05, 0) is 37.8 Å². The van der Waals surface area contributed by atoms with Gasteiger partial charge in [-0.3, -0.25) is 9.59 Å². The lowest BCUT2D eigenvalue weighted by atomic mass is 9.82. The Hall–Kier alpha value is -3.28. The van der Waals surface area contributed by atoms with E-state index in [-0.39, 0.29) is 17.2 Å². The van der Waals surface area contributed by atoms with Crippen molar-refractivity contribution < 1.29 is 4.79 Å². The van der Waals surface area contributed by atoms with E-state index in [4.69, 9.17) is 0 Å². The quantitative estimate of drug-likeness (QED) is 0.690. The maximum absolute atomic E-state index is 12.9. The van der Waals surface area contributed by atoms with Gasteiger partial charge in [0.1, 0.15) is 0 Å². The lowest BCUT2D eigenvalue weighted by Gasteiger charge is -2.24. The van der Waals surface area contributed by atoms with E-state index < -0.39 is 5.91 Å². The number of aryl methyl sites for hydroxylation is 1. The van der Waals surface area contributed by atoms with Gasteiger partial charge in [0.25, 0.3) is 11.5 Å². The van der Waals surface area contributed by atoms with Crippen LogP contribution in [0.5, 0.6) is 0 Å². The Morgan fingerprint density at radius 3 is 2.59 bits per heavy atom. The predicted molar refractivity (Wildman–Crippen MR) is 114 cm³/mol. The largest absolute Gasteiger partial charge is 0.292 e. The lowest BCUT2D eigenvalue weighted by Crippen LogP contribution is -2.29. The highest BCUT2D eigenvalue weighted by molar-refractivity contribution is 6.05. The highest BCUT2D eigenvalue weighted by atomic mass is 16.2. The highest BCUT2D eigenvalue weighted by Crippen LogP contribution is 2.30. The molecule has 1 fully saturated rings. The summed E-state index contributed by atoms with van der Waals surface area (Å²) >= 11 is 0. The fourth-order valence-corrected chi connectivity index (χ4v) is 3.97. The zero-order valence-electron chi connectivity index (χ0n) is 16.5. The Balaban J connectivity index is 1.66. The molecule has 1 aliphatic rings. The monoisotopic (exact) mass is 388 g/mol. The van der Waals surface area contributed by atoms with Crippen molar-refractivity contribution in [1.82, 2.24) is 15.2 Å². The molecule has 6 heteroatoms. The summed E-state index contributed by atoms with van der Waals surface area (Å²) in [6.07, 6.45) is 4.11. The number of amides is 1. The standard InChI is InChI=1S/C23H24N4O2/c1-2-27-23(29)19-14-7-6-13-18(19)21(26-27)22(28)25-24-20-15-9-8-12-17(20)16-10-4-3-5-11-16/h3-7,10-11,13-14,17H,2,8-9,12,15H2,1H3,(H,25,28)/b24-20-/t17-/m1/s1. The molecule has 1 heterocycles. The number of fused-ring (bicyclic) bond motifs is 1. The van der Waals surface area contributed by atoms with Crippen molar-refractivity contribution in [2.24, 2.45) is 5.10 Å². The first-order chi connectivity index (χ1) is 14.2. The molecule has 6 nitrogen and oxygen atoms in total. The van der Waals surface area contributed by atoms with Gasteiger partial charge >= 0.3 is 0 Å². The molecule has 0 unspecified atom stereocenters. The molecule has 3 aromatic rings. The second kappa shape index (κ2) is 8.39. The van der Waals surface area contributed by atoms with E-state index in [1.54, 1.807) is 24.3 Å². The van der Waals surface area contributed by atoms with Gasteiger partial charge in [0.05, 0.1) is 5.39 Å². The number of benzene rings is 2. The summed E-state index contributed by atoms with van der Waals surface area (Å²) in [7, 11) is 0. The minimum atomic E-state index is -0.395. The molecular formula is C23H24N4O2. The Morgan fingerprint density at radius 2 is 1.83 bits per heavy atom. The predicted octanol–water partition coefficient (Wildman–Crippen LogP) is 3.86. The van der Waals surface area contributed by atoms with Crippen LogP contribution in [0, 0.1) is 0 Å². The molecule has 1 aliphatic carbocycles. The molecule has 1 N–H and O–H groups in total. The van der Waals surface area contributed by atoms with Crippen molar-refractivity contribution >= 4 is 22.4 Å². The number of hydrogen-bond donors (Lipinski definition) is 1. The average Bonchev–Trinajstić information content (AvgIpc) is 2.79. The van der Waals surface area contributed by atoms with Gasteiger partial charge in [0, 0.05) is 23.6 Å². The van der Waals surface area contributed by atoms with Gasteiger partial charge in [-0.2, -0.15) is 10.2 Å². The summed E-state index contributed by atoms with van der Waals surface area (Å²) in [5.74, 6) is -0.173. The van der Waals surface area contributed by atoms with Crippen LogP contribution in [0.15, 0.2) is 64.5 Å². The first kappa shape index (κ1) is 19.1. The normalized spacial score (nSPS) is 18.1. The maximum atomic E-state index is 12.9. The SMILES string of the molecule is CCn1nc(C(=O)N/N=C2/CCCC[C@@H]2c2ccccc2)c2ccccc2c1=O. The zero-order valence-corrected chi connectivity index (χ0v) is 16.5. The third kappa shape index (κ3) is 3.83. The second-order valence-electron chi connectivity index (χ2n) is 7.27. The van der Waals surface area contributed by atoms with E-state index in [1.165, 1.54) is 10.2 Å². The van der Waals surface area contributed by atoms with Crippen LogP contribution in [-0.4, -0.2) is 21.4 Å². The average molecular weight is 388 g/mol. The minimum absolute atomic E-state index is 0.192. The Kier molecular flexibility index (Phi) is 5.51. The summed E-state index contributed by atoms with van der Waals surface area (Å²) in [5, 5.41) is 9.81. The van der Waals surface area contributed by atoms with Gasteiger partial charge < -0.3 is 0 Å². The number of rotatable bonds is 4. The van der Waals surface area contributed by atoms with Gasteiger partial charge in [0.15, 0.2) is 5.69 Å². The summed E-state index contributed by atoms with van der Waals surface area (Å²) in [4.78, 5) is 25.4. The molecule has 148 valence electrons. The number of carbonyl (C=O) groups is 1. The molecule has 0 bridgehead atoms. The van der Waals surface area contributed by atoms with E-state index >= 15 is 0 Å². The Morgan fingerprint density at radius 1 is 1.10 bits per heavy atom. The topological polar surface area (TPSA) is 76.3 Å². The molecule has 0 saturated heterocycles. The molecule has 1 atom stereocenters. The molecule has 2 aromatic carbocycles. The van der Waals surface area contributed by atoms with Gasteiger partial charge in [-0.1, -0.05) is 55.0 Å². The van der Waals surface area contributed by atoms with Crippen molar-refractivity contribution in [2.45, 2.75) is 45.1 Å². The number of carbonyl (C=O) groups excluding carboxylic acids is 1. The number of nitrogens with one attached hydrogen (secondary N) is 1. The second-order valence-corrected chi connectivity index (χ2v) is 7.27. The third-order valence-electron chi connectivity index (χ3n) is 5.46. The lowest BCUT2D eigenvalue weighted by molar-refractivity contribution is 0.0949. The van der Waals surface area contributed by atoms with Crippen molar-refractivity contribution in [1.29, 1.82) is 0 Å². The molecule has 0 aliphatic heterocycles. The summed E-state index contributed by atoms with van der Waals surface area (Å²) < 4.78 is 1.32. The zero-order chi connectivity index (χ0) is 20.2. The first-order valence-electron chi connectivity index (χ1n) is 10.1. The van der Waals surface area contributed by atoms with Crippen LogP contribution in [0.4, 0.5) is 0 Å². The fourth-order valence-electron chi connectivity index (χ4n) is 3.97. The molecule has 0 radical (unpaired) electrons. The molecule has 29 heavy (non-hydrogen) atoms. The number of hydrazone groups is 1. The van der Waals surface area contributed by atoms with E-state index in [1.807, 2.05) is 25.1 Å². The summed E-state index contributed by atoms with van der Waals surface area (Å²) in [6.45, 7) is 2.23. The van der Waals surface area contributed by atoms with Gasteiger partial charge in [-0.15, -0.1) is 0 Å². The van der Waals surface area contributed by atoms with Crippen LogP contribution in [0.1, 0.15) is 54.6 Å². The van der Waals surface area contributed by atoms with E-state index in [2.05, 4.69) is 27.8 Å². The molecule has 1 amide bonds. The Bertz CT molecular complexity index is 1120.